The molecule has 0 spiro atoms. The third-order valence-corrected chi connectivity index (χ3v) is 5.42. The molecule has 0 aliphatic rings. The molecule has 16 heavy (non-hydrogen) atoms. The van der Waals surface area contributed by atoms with Crippen LogP contribution >= 0.6 is 38.9 Å². The zero-order valence-corrected chi connectivity index (χ0v) is 11.2. The van der Waals surface area contributed by atoms with Crippen molar-refractivity contribution >= 4 is 48.9 Å². The number of hydrogen-bond acceptors (Lipinski definition) is 3. The maximum absolute atomic E-state index is 12.5. The zero-order chi connectivity index (χ0) is 12.7. The van der Waals surface area contributed by atoms with Gasteiger partial charge in [-0.15, -0.1) is 11.3 Å². The number of thiophene rings is 1. The Labute approximate surface area is 107 Å². The fourth-order valence-corrected chi connectivity index (χ4v) is 4.06. The number of alkyl halides is 3. The first-order valence-electron chi connectivity index (χ1n) is 3.56. The van der Waals surface area contributed by atoms with Crippen molar-refractivity contribution in [2.45, 2.75) is 11.4 Å². The predicted octanol–water partition coefficient (Wildman–Crippen LogP) is 3.06. The van der Waals surface area contributed by atoms with E-state index in [0.29, 0.717) is 11.3 Å². The van der Waals surface area contributed by atoms with Crippen molar-refractivity contribution in [3.05, 3.63) is 19.8 Å². The van der Waals surface area contributed by atoms with Crippen molar-refractivity contribution < 1.29 is 21.6 Å². The third kappa shape index (κ3) is 3.10. The molecule has 92 valence electrons. The van der Waals surface area contributed by atoms with Gasteiger partial charge in [0.25, 0.3) is 0 Å². The minimum absolute atomic E-state index is 0.0351. The van der Waals surface area contributed by atoms with Gasteiger partial charge >= 0.3 is 6.18 Å². The van der Waals surface area contributed by atoms with Gasteiger partial charge in [-0.2, -0.15) is 13.2 Å². The van der Waals surface area contributed by atoms with Gasteiger partial charge in [0, 0.05) is 9.35 Å². The van der Waals surface area contributed by atoms with Gasteiger partial charge < -0.3 is 0 Å². The van der Waals surface area contributed by atoms with E-state index in [9.17, 15) is 21.6 Å². The van der Waals surface area contributed by atoms with E-state index in [2.05, 4.69) is 21.1 Å². The van der Waals surface area contributed by atoms with Crippen molar-refractivity contribution in [2.24, 2.45) is 5.14 Å². The second-order valence-corrected chi connectivity index (χ2v) is 6.97. The van der Waals surface area contributed by atoms with Crippen LogP contribution < -0.4 is 5.14 Å². The largest absolute Gasteiger partial charge is 0.411 e. The Morgan fingerprint density at radius 2 is 2.00 bits per heavy atom. The number of halogens is 5. The predicted molar refractivity (Wildman–Crippen MR) is 58.9 cm³/mol. The molecule has 1 unspecified atom stereocenters. The van der Waals surface area contributed by atoms with Gasteiger partial charge in [0.05, 0.1) is 0 Å². The molecule has 1 heterocycles. The Kier molecular flexibility index (Phi) is 3.96. The highest BCUT2D eigenvalue weighted by atomic mass is 79.9. The number of hydrogen-bond donors (Lipinski definition) is 1. The fourth-order valence-electron chi connectivity index (χ4n) is 1.00. The maximum atomic E-state index is 12.5. The quantitative estimate of drug-likeness (QED) is 0.883. The number of rotatable bonds is 2. The Morgan fingerprint density at radius 1 is 1.50 bits per heavy atom. The molecule has 0 aliphatic heterocycles. The normalized spacial score (nSPS) is 15.1. The molecule has 0 bridgehead atoms. The first kappa shape index (κ1) is 14.2. The smallest absolute Gasteiger partial charge is 0.228 e. The highest BCUT2D eigenvalue weighted by Gasteiger charge is 2.49. The van der Waals surface area contributed by atoms with Gasteiger partial charge in [-0.05, 0) is 22.0 Å². The summed E-state index contributed by atoms with van der Waals surface area (Å²) in [6, 6.07) is 0.996. The van der Waals surface area contributed by atoms with Crippen LogP contribution in [0.2, 0.25) is 4.34 Å². The van der Waals surface area contributed by atoms with E-state index >= 15 is 0 Å². The number of nitrogens with two attached hydrogens (primary N) is 1. The molecule has 0 aromatic carbocycles. The maximum Gasteiger partial charge on any atom is 0.411 e. The standard InChI is InChI=1S/C6H4BrClF3NO2S2/c7-2-1-3(15-5(2)8)4(6(9,10)11)16(12,13)14/h1,4H,(H2,12,13,14). The topological polar surface area (TPSA) is 60.2 Å². The molecule has 0 saturated carbocycles. The van der Waals surface area contributed by atoms with Gasteiger partial charge in [-0.25, -0.2) is 13.6 Å². The van der Waals surface area contributed by atoms with Crippen molar-refractivity contribution in [3.8, 4) is 0 Å². The van der Waals surface area contributed by atoms with E-state index in [1.54, 1.807) is 0 Å². The SMILES string of the molecule is NS(=O)(=O)C(c1cc(Br)c(Cl)s1)C(F)(F)F. The van der Waals surface area contributed by atoms with Gasteiger partial charge in [0.1, 0.15) is 4.34 Å². The average Bonchev–Trinajstić information content (AvgIpc) is 2.24. The molecule has 0 amide bonds. The molecular weight excluding hydrogens is 355 g/mol. The molecule has 0 fully saturated rings. The lowest BCUT2D eigenvalue weighted by atomic mass is 10.3. The summed E-state index contributed by atoms with van der Waals surface area (Å²) in [7, 11) is -4.77. The highest BCUT2D eigenvalue weighted by molar-refractivity contribution is 9.10. The first-order chi connectivity index (χ1) is 7.03. The molecule has 1 atom stereocenters. The van der Waals surface area contributed by atoms with E-state index in [4.69, 9.17) is 11.6 Å². The zero-order valence-electron chi connectivity index (χ0n) is 7.25. The van der Waals surface area contributed by atoms with Crippen molar-refractivity contribution in [1.82, 2.24) is 0 Å². The molecule has 1 aromatic heterocycles. The van der Waals surface area contributed by atoms with Crippen LogP contribution in [0.3, 0.4) is 0 Å². The Balaban J connectivity index is 3.34. The summed E-state index contributed by atoms with van der Waals surface area (Å²) in [5, 5.41) is 1.82. The molecule has 0 aliphatic carbocycles. The minimum atomic E-state index is -4.97. The van der Waals surface area contributed by atoms with Gasteiger partial charge in [-0.1, -0.05) is 11.6 Å². The van der Waals surface area contributed by atoms with Gasteiger partial charge in [0.15, 0.2) is 0 Å². The third-order valence-electron chi connectivity index (χ3n) is 1.55. The van der Waals surface area contributed by atoms with Gasteiger partial charge in [-0.3, -0.25) is 0 Å². The Hall–Kier alpha value is 0.170. The second-order valence-electron chi connectivity index (χ2n) is 2.78. The molecule has 0 saturated heterocycles. The molecule has 3 nitrogen and oxygen atoms in total. The van der Waals surface area contributed by atoms with Crippen LogP contribution in [0.4, 0.5) is 13.2 Å². The number of sulfonamides is 1. The Morgan fingerprint density at radius 3 is 2.25 bits per heavy atom. The lowest BCUT2D eigenvalue weighted by molar-refractivity contribution is -0.130. The van der Waals surface area contributed by atoms with E-state index in [1.165, 1.54) is 0 Å². The van der Waals surface area contributed by atoms with E-state index in [1.807, 2.05) is 0 Å². The monoisotopic (exact) mass is 357 g/mol. The molecule has 10 heteroatoms. The molecule has 0 radical (unpaired) electrons. The summed E-state index contributed by atoms with van der Waals surface area (Å²) in [5.41, 5.74) is 0. The summed E-state index contributed by atoms with van der Waals surface area (Å²) < 4.78 is 59.6. The van der Waals surface area contributed by atoms with Crippen LogP contribution in [0.1, 0.15) is 10.1 Å². The summed E-state index contributed by atoms with van der Waals surface area (Å²) in [6.45, 7) is 0. The lowest BCUT2D eigenvalue weighted by Gasteiger charge is -2.16. The molecule has 1 rings (SSSR count). The van der Waals surface area contributed by atoms with Crippen LogP contribution in [0.5, 0.6) is 0 Å². The lowest BCUT2D eigenvalue weighted by Crippen LogP contribution is -2.32. The van der Waals surface area contributed by atoms with Crippen molar-refractivity contribution in [3.63, 3.8) is 0 Å². The summed E-state index contributed by atoms with van der Waals surface area (Å²) in [4.78, 5) is -0.466. The summed E-state index contributed by atoms with van der Waals surface area (Å²) in [5.74, 6) is 0. The molecule has 1 aromatic rings. The fraction of sp³-hybridized carbons (Fsp3) is 0.333. The second kappa shape index (κ2) is 4.45. The van der Waals surface area contributed by atoms with E-state index in [-0.39, 0.29) is 8.81 Å². The summed E-state index contributed by atoms with van der Waals surface area (Å²) in [6.07, 6.45) is -4.97. The van der Waals surface area contributed by atoms with Crippen LogP contribution in [0, 0.1) is 0 Å². The molecule has 2 N–H and O–H groups in total. The highest BCUT2D eigenvalue weighted by Crippen LogP contribution is 2.44. The first-order valence-corrected chi connectivity index (χ1v) is 7.16. The van der Waals surface area contributed by atoms with Crippen LogP contribution in [-0.4, -0.2) is 14.6 Å². The van der Waals surface area contributed by atoms with Crippen molar-refractivity contribution in [2.75, 3.05) is 0 Å². The minimum Gasteiger partial charge on any atom is -0.228 e. The van der Waals surface area contributed by atoms with Crippen LogP contribution in [0.25, 0.3) is 0 Å². The van der Waals surface area contributed by atoms with Crippen LogP contribution in [0.15, 0.2) is 10.5 Å². The Bertz CT molecular complexity index is 479. The van der Waals surface area contributed by atoms with E-state index < -0.39 is 26.3 Å². The molecular formula is C6H4BrClF3NO2S2. The average molecular weight is 359 g/mol. The van der Waals surface area contributed by atoms with Gasteiger partial charge in [0.2, 0.25) is 15.3 Å². The van der Waals surface area contributed by atoms with E-state index in [0.717, 1.165) is 6.07 Å². The number of primary sulfonamides is 1. The summed E-state index contributed by atoms with van der Waals surface area (Å²) >= 11 is 8.95. The van der Waals surface area contributed by atoms with Crippen LogP contribution in [-0.2, 0) is 10.0 Å². The van der Waals surface area contributed by atoms with Crippen molar-refractivity contribution in [1.29, 1.82) is 0 Å².